The zero-order valence-electron chi connectivity index (χ0n) is 12.2. The largest absolute Gasteiger partial charge is 0.305 e. The van der Waals surface area contributed by atoms with E-state index < -0.39 is 8.07 Å². The van der Waals surface area contributed by atoms with Crippen LogP contribution in [0, 0.1) is 5.92 Å². The van der Waals surface area contributed by atoms with E-state index in [4.69, 9.17) is 0 Å². The van der Waals surface area contributed by atoms with Gasteiger partial charge in [-0.05, 0) is 22.9 Å². The van der Waals surface area contributed by atoms with Crippen molar-refractivity contribution < 1.29 is 4.79 Å². The van der Waals surface area contributed by atoms with Crippen molar-refractivity contribution in [1.29, 1.82) is 0 Å². The minimum Gasteiger partial charge on any atom is -0.305 e. The second kappa shape index (κ2) is 4.34. The maximum atomic E-state index is 12.7. The van der Waals surface area contributed by atoms with E-state index in [2.05, 4.69) is 58.1 Å². The van der Waals surface area contributed by atoms with Crippen LogP contribution in [0.25, 0.3) is 0 Å². The molecule has 2 heteroatoms. The molecule has 0 N–H and O–H groups in total. The number of rotatable bonds is 3. The topological polar surface area (TPSA) is 17.1 Å². The van der Waals surface area contributed by atoms with Gasteiger partial charge in [-0.15, -0.1) is 0 Å². The zero-order valence-corrected chi connectivity index (χ0v) is 13.2. The van der Waals surface area contributed by atoms with Gasteiger partial charge in [0, 0.05) is 5.92 Å². The minimum atomic E-state index is -1.82. The molecule has 0 saturated heterocycles. The van der Waals surface area contributed by atoms with Crippen molar-refractivity contribution in [3.63, 3.8) is 0 Å². The highest BCUT2D eigenvalue weighted by Crippen LogP contribution is 2.52. The van der Waals surface area contributed by atoms with Gasteiger partial charge in [0.25, 0.3) is 0 Å². The third-order valence-corrected chi connectivity index (χ3v) is 10.2. The molecule has 2 atom stereocenters. The van der Waals surface area contributed by atoms with E-state index in [0.29, 0.717) is 17.2 Å². The number of hydrogen-bond donors (Lipinski definition) is 0. The average molecular weight is 260 g/mol. The lowest BCUT2D eigenvalue weighted by Gasteiger charge is -2.35. The molecule has 1 fully saturated rings. The molecular formula is C16H24OSi. The van der Waals surface area contributed by atoms with Crippen LogP contribution in [0.1, 0.15) is 38.7 Å². The van der Waals surface area contributed by atoms with E-state index in [1.807, 2.05) is 6.07 Å². The van der Waals surface area contributed by atoms with Crippen molar-refractivity contribution in [3.05, 3.63) is 35.9 Å². The van der Waals surface area contributed by atoms with Gasteiger partial charge in [0.05, 0.1) is 0 Å². The molecule has 2 unspecified atom stereocenters. The Morgan fingerprint density at radius 1 is 1.17 bits per heavy atom. The van der Waals surface area contributed by atoms with E-state index in [1.54, 1.807) is 0 Å². The fourth-order valence-corrected chi connectivity index (χ4v) is 4.37. The Labute approximate surface area is 112 Å². The van der Waals surface area contributed by atoms with Crippen molar-refractivity contribution in [2.75, 3.05) is 0 Å². The Balaban J connectivity index is 2.11. The fraction of sp³-hybridized carbons (Fsp3) is 0.562. The first kappa shape index (κ1) is 13.5. The van der Waals surface area contributed by atoms with E-state index >= 15 is 0 Å². The predicted octanol–water partition coefficient (Wildman–Crippen LogP) is 4.41. The van der Waals surface area contributed by atoms with Gasteiger partial charge in [0.15, 0.2) is 0 Å². The Bertz CT molecular complexity index is 442. The standard InChI is InChI=1S/C16H24OSi/c1-16(2,3)18(4,5)15(17)14-11-13(14)12-9-7-6-8-10-12/h6-10,13-14H,11H2,1-5H3. The lowest BCUT2D eigenvalue weighted by atomic mass is 10.1. The first-order chi connectivity index (χ1) is 8.25. The van der Waals surface area contributed by atoms with Crippen LogP contribution < -0.4 is 0 Å². The lowest BCUT2D eigenvalue weighted by molar-refractivity contribution is -0.114. The van der Waals surface area contributed by atoms with E-state index in [0.717, 1.165) is 6.42 Å². The van der Waals surface area contributed by atoms with Gasteiger partial charge in [-0.1, -0.05) is 64.2 Å². The molecule has 2 rings (SSSR count). The maximum absolute atomic E-state index is 12.7. The third kappa shape index (κ3) is 2.31. The van der Waals surface area contributed by atoms with Crippen LogP contribution in [0.4, 0.5) is 0 Å². The highest BCUT2D eigenvalue weighted by molar-refractivity contribution is 7.06. The Kier molecular flexibility index (Phi) is 3.26. The zero-order chi connectivity index (χ0) is 13.6. The second-order valence-corrected chi connectivity index (χ2v) is 12.3. The van der Waals surface area contributed by atoms with Crippen LogP contribution in [-0.2, 0) is 4.79 Å². The van der Waals surface area contributed by atoms with Crippen LogP contribution >= 0.6 is 0 Å². The quantitative estimate of drug-likeness (QED) is 0.736. The molecule has 1 aromatic carbocycles. The summed E-state index contributed by atoms with van der Waals surface area (Å²) in [5.74, 6) is 0.793. The second-order valence-electron chi connectivity index (χ2n) is 7.10. The Morgan fingerprint density at radius 2 is 1.72 bits per heavy atom. The molecule has 1 aromatic rings. The summed E-state index contributed by atoms with van der Waals surface area (Å²) in [6, 6.07) is 10.5. The van der Waals surface area contributed by atoms with E-state index in [9.17, 15) is 4.79 Å². The first-order valence-electron chi connectivity index (χ1n) is 6.84. The highest BCUT2D eigenvalue weighted by Gasteiger charge is 2.52. The molecule has 0 heterocycles. The van der Waals surface area contributed by atoms with Gasteiger partial charge < -0.3 is 4.79 Å². The summed E-state index contributed by atoms with van der Waals surface area (Å²) >= 11 is 0. The van der Waals surface area contributed by atoms with Crippen LogP contribution in [0.15, 0.2) is 30.3 Å². The fourth-order valence-electron chi connectivity index (χ4n) is 2.39. The van der Waals surface area contributed by atoms with Crippen LogP contribution in [0.2, 0.25) is 18.1 Å². The van der Waals surface area contributed by atoms with Crippen molar-refractivity contribution in [2.24, 2.45) is 5.92 Å². The molecular weight excluding hydrogens is 236 g/mol. The molecule has 0 amide bonds. The summed E-state index contributed by atoms with van der Waals surface area (Å²) in [7, 11) is -1.82. The molecule has 98 valence electrons. The average Bonchev–Trinajstić information content (AvgIpc) is 3.07. The van der Waals surface area contributed by atoms with Gasteiger partial charge >= 0.3 is 0 Å². The van der Waals surface area contributed by atoms with E-state index in [-0.39, 0.29) is 5.04 Å². The number of carbonyl (C=O) groups excluding carboxylic acids is 1. The highest BCUT2D eigenvalue weighted by atomic mass is 28.3. The summed E-state index contributed by atoms with van der Waals surface area (Å²) in [6.07, 6.45) is 1.06. The first-order valence-corrected chi connectivity index (χ1v) is 9.84. The van der Waals surface area contributed by atoms with Crippen LogP contribution in [-0.4, -0.2) is 13.5 Å². The Hall–Kier alpha value is -0.893. The molecule has 0 aromatic heterocycles. The minimum absolute atomic E-state index is 0.161. The van der Waals surface area contributed by atoms with Gasteiger partial charge in [-0.2, -0.15) is 0 Å². The third-order valence-electron chi connectivity index (χ3n) is 4.85. The smallest absolute Gasteiger partial charge is 0.132 e. The molecule has 1 aliphatic rings. The summed E-state index contributed by atoms with van der Waals surface area (Å²) in [5.41, 5.74) is 1.34. The SMILES string of the molecule is CC(C)(C)[Si](C)(C)C(=O)C1CC1c1ccccc1. The molecule has 0 radical (unpaired) electrons. The Morgan fingerprint density at radius 3 is 2.22 bits per heavy atom. The lowest BCUT2D eigenvalue weighted by Crippen LogP contribution is -2.47. The maximum Gasteiger partial charge on any atom is 0.132 e. The molecule has 1 nitrogen and oxygen atoms in total. The van der Waals surface area contributed by atoms with Crippen molar-refractivity contribution in [2.45, 2.75) is 51.2 Å². The summed E-state index contributed by atoms with van der Waals surface area (Å²) in [6.45, 7) is 11.1. The monoisotopic (exact) mass is 260 g/mol. The summed E-state index contributed by atoms with van der Waals surface area (Å²) < 4.78 is 0. The van der Waals surface area contributed by atoms with Gasteiger partial charge in [0.2, 0.25) is 0 Å². The predicted molar refractivity (Wildman–Crippen MR) is 79.5 cm³/mol. The molecule has 0 bridgehead atoms. The van der Waals surface area contributed by atoms with Gasteiger partial charge in [-0.25, -0.2) is 0 Å². The van der Waals surface area contributed by atoms with Gasteiger partial charge in [-0.3, -0.25) is 0 Å². The van der Waals surface area contributed by atoms with E-state index in [1.165, 1.54) is 5.56 Å². The van der Waals surface area contributed by atoms with Crippen LogP contribution in [0.3, 0.4) is 0 Å². The molecule has 0 aliphatic heterocycles. The molecule has 1 saturated carbocycles. The summed E-state index contributed by atoms with van der Waals surface area (Å²) in [5, 5.41) is 0.734. The van der Waals surface area contributed by atoms with Crippen molar-refractivity contribution >= 4 is 13.5 Å². The van der Waals surface area contributed by atoms with Crippen LogP contribution in [0.5, 0.6) is 0 Å². The number of hydrogen-bond acceptors (Lipinski definition) is 1. The number of carbonyl (C=O) groups is 1. The molecule has 18 heavy (non-hydrogen) atoms. The van der Waals surface area contributed by atoms with Crippen molar-refractivity contribution in [1.82, 2.24) is 0 Å². The summed E-state index contributed by atoms with van der Waals surface area (Å²) in [4.78, 5) is 12.7. The van der Waals surface area contributed by atoms with Crippen molar-refractivity contribution in [3.8, 4) is 0 Å². The number of benzene rings is 1. The molecule has 1 aliphatic carbocycles. The normalized spacial score (nSPS) is 23.8. The van der Waals surface area contributed by atoms with Gasteiger partial charge in [0.1, 0.15) is 13.5 Å². The molecule has 0 spiro atoms.